The predicted molar refractivity (Wildman–Crippen MR) is 85.9 cm³/mol. The van der Waals surface area contributed by atoms with Crippen LogP contribution in [0.4, 0.5) is 0 Å². The van der Waals surface area contributed by atoms with E-state index in [0.717, 1.165) is 24.9 Å². The molecule has 0 saturated heterocycles. The van der Waals surface area contributed by atoms with E-state index in [1.54, 1.807) is 0 Å². The van der Waals surface area contributed by atoms with Crippen LogP contribution in [0.25, 0.3) is 10.8 Å². The zero-order valence-corrected chi connectivity index (χ0v) is 12.5. The Hall–Kier alpha value is -1.38. The van der Waals surface area contributed by atoms with Crippen molar-refractivity contribution in [2.45, 2.75) is 45.3 Å². The van der Waals surface area contributed by atoms with Gasteiger partial charge in [-0.05, 0) is 41.8 Å². The Labute approximate surface area is 121 Å². The molecule has 0 amide bonds. The fourth-order valence-electron chi connectivity index (χ4n) is 2.57. The number of hydrogen-bond donors (Lipinski definition) is 2. The Balaban J connectivity index is 2.13. The molecule has 2 aromatic rings. The largest absolute Gasteiger partial charge is 0.387 e. The summed E-state index contributed by atoms with van der Waals surface area (Å²) in [6, 6.07) is 14.6. The maximum Gasteiger partial charge on any atom is 0.0943 e. The molecular formula is C18H25NO. The summed E-state index contributed by atoms with van der Waals surface area (Å²) in [5, 5.41) is 16.4. The molecule has 0 aliphatic heterocycles. The van der Waals surface area contributed by atoms with Gasteiger partial charge in [0.15, 0.2) is 0 Å². The normalized spacial score (nSPS) is 14.3. The van der Waals surface area contributed by atoms with Crippen LogP contribution in [0.2, 0.25) is 0 Å². The molecule has 0 radical (unpaired) electrons. The Morgan fingerprint density at radius 3 is 2.50 bits per heavy atom. The van der Waals surface area contributed by atoms with Gasteiger partial charge in [0.25, 0.3) is 0 Å². The van der Waals surface area contributed by atoms with Gasteiger partial charge in [-0.1, -0.05) is 56.7 Å². The van der Waals surface area contributed by atoms with Gasteiger partial charge in [-0.25, -0.2) is 0 Å². The molecule has 2 rings (SSSR count). The van der Waals surface area contributed by atoms with E-state index >= 15 is 0 Å². The molecule has 0 heterocycles. The monoisotopic (exact) mass is 271 g/mol. The Morgan fingerprint density at radius 2 is 1.80 bits per heavy atom. The molecule has 0 aliphatic rings. The van der Waals surface area contributed by atoms with Crippen LogP contribution in [-0.4, -0.2) is 17.7 Å². The second-order valence-electron chi connectivity index (χ2n) is 5.37. The van der Waals surface area contributed by atoms with E-state index in [9.17, 15) is 5.11 Å². The van der Waals surface area contributed by atoms with Crippen LogP contribution in [0.3, 0.4) is 0 Å². The molecule has 2 heteroatoms. The van der Waals surface area contributed by atoms with Crippen molar-refractivity contribution in [1.29, 1.82) is 0 Å². The first-order valence-electron chi connectivity index (χ1n) is 7.66. The van der Waals surface area contributed by atoms with Crippen LogP contribution in [-0.2, 0) is 0 Å². The highest BCUT2D eigenvalue weighted by Gasteiger charge is 2.18. The molecule has 2 atom stereocenters. The minimum absolute atomic E-state index is 0.128. The van der Waals surface area contributed by atoms with Gasteiger partial charge in [-0.2, -0.15) is 0 Å². The SMILES string of the molecule is CCCCNC(CC)C(O)c1ccc2ccccc2c1. The minimum Gasteiger partial charge on any atom is -0.387 e. The molecule has 0 spiro atoms. The van der Waals surface area contributed by atoms with E-state index in [2.05, 4.69) is 43.4 Å². The van der Waals surface area contributed by atoms with Crippen molar-refractivity contribution in [3.8, 4) is 0 Å². The lowest BCUT2D eigenvalue weighted by Crippen LogP contribution is -2.35. The number of benzene rings is 2. The molecule has 20 heavy (non-hydrogen) atoms. The van der Waals surface area contributed by atoms with Crippen molar-refractivity contribution in [2.24, 2.45) is 0 Å². The first-order valence-corrected chi connectivity index (χ1v) is 7.66. The number of fused-ring (bicyclic) bond motifs is 1. The number of aliphatic hydroxyl groups is 1. The van der Waals surface area contributed by atoms with Crippen LogP contribution in [0.5, 0.6) is 0 Å². The minimum atomic E-state index is -0.443. The number of rotatable bonds is 7. The van der Waals surface area contributed by atoms with Crippen molar-refractivity contribution >= 4 is 10.8 Å². The summed E-state index contributed by atoms with van der Waals surface area (Å²) in [7, 11) is 0. The fourth-order valence-corrected chi connectivity index (χ4v) is 2.57. The van der Waals surface area contributed by atoms with Gasteiger partial charge >= 0.3 is 0 Å². The second kappa shape index (κ2) is 7.41. The highest BCUT2D eigenvalue weighted by atomic mass is 16.3. The maximum absolute atomic E-state index is 10.6. The average molecular weight is 271 g/mol. The van der Waals surface area contributed by atoms with Gasteiger partial charge in [-0.3, -0.25) is 0 Å². The van der Waals surface area contributed by atoms with Gasteiger partial charge in [-0.15, -0.1) is 0 Å². The van der Waals surface area contributed by atoms with E-state index in [4.69, 9.17) is 0 Å². The predicted octanol–water partition coefficient (Wildman–Crippen LogP) is 4.04. The molecule has 2 unspecified atom stereocenters. The summed E-state index contributed by atoms with van der Waals surface area (Å²) < 4.78 is 0. The molecule has 0 saturated carbocycles. The average Bonchev–Trinajstić information content (AvgIpc) is 2.50. The number of nitrogens with one attached hydrogen (secondary N) is 1. The lowest BCUT2D eigenvalue weighted by atomic mass is 9.97. The van der Waals surface area contributed by atoms with Crippen LogP contribution in [0.15, 0.2) is 42.5 Å². The smallest absolute Gasteiger partial charge is 0.0943 e. The quantitative estimate of drug-likeness (QED) is 0.745. The van der Waals surface area contributed by atoms with E-state index in [1.807, 2.05) is 18.2 Å². The molecule has 2 nitrogen and oxygen atoms in total. The zero-order chi connectivity index (χ0) is 14.4. The summed E-state index contributed by atoms with van der Waals surface area (Å²) in [4.78, 5) is 0. The van der Waals surface area contributed by atoms with E-state index in [1.165, 1.54) is 17.2 Å². The third kappa shape index (κ3) is 3.59. The van der Waals surface area contributed by atoms with E-state index in [-0.39, 0.29) is 6.04 Å². The molecule has 0 aromatic heterocycles. The Bertz CT molecular complexity index is 538. The standard InChI is InChI=1S/C18H25NO/c1-3-5-12-19-17(4-2)18(20)16-11-10-14-8-6-7-9-15(14)13-16/h6-11,13,17-20H,3-5,12H2,1-2H3. The highest BCUT2D eigenvalue weighted by molar-refractivity contribution is 5.83. The molecule has 0 aliphatic carbocycles. The lowest BCUT2D eigenvalue weighted by Gasteiger charge is -2.23. The first kappa shape index (κ1) is 15.0. The van der Waals surface area contributed by atoms with Crippen molar-refractivity contribution in [1.82, 2.24) is 5.32 Å². The highest BCUT2D eigenvalue weighted by Crippen LogP contribution is 2.23. The van der Waals surface area contributed by atoms with E-state index < -0.39 is 6.10 Å². The summed E-state index contributed by atoms with van der Waals surface area (Å²) >= 11 is 0. The van der Waals surface area contributed by atoms with Crippen LogP contribution in [0, 0.1) is 0 Å². The van der Waals surface area contributed by atoms with Gasteiger partial charge in [0.05, 0.1) is 6.10 Å². The molecular weight excluding hydrogens is 246 g/mol. The number of aliphatic hydroxyl groups excluding tert-OH is 1. The lowest BCUT2D eigenvalue weighted by molar-refractivity contribution is 0.126. The molecule has 108 valence electrons. The molecule has 2 aromatic carbocycles. The molecule has 0 bridgehead atoms. The van der Waals surface area contributed by atoms with Crippen molar-refractivity contribution in [2.75, 3.05) is 6.54 Å². The zero-order valence-electron chi connectivity index (χ0n) is 12.5. The van der Waals surface area contributed by atoms with Crippen LogP contribution < -0.4 is 5.32 Å². The Morgan fingerprint density at radius 1 is 1.05 bits per heavy atom. The third-order valence-electron chi connectivity index (χ3n) is 3.87. The fraction of sp³-hybridized carbons (Fsp3) is 0.444. The van der Waals surface area contributed by atoms with Gasteiger partial charge in [0, 0.05) is 6.04 Å². The maximum atomic E-state index is 10.6. The summed E-state index contributed by atoms with van der Waals surface area (Å²) in [6.45, 7) is 5.27. The van der Waals surface area contributed by atoms with Gasteiger partial charge in [0.2, 0.25) is 0 Å². The molecule has 0 fully saturated rings. The van der Waals surface area contributed by atoms with Crippen LogP contribution in [0.1, 0.15) is 44.8 Å². The molecule has 2 N–H and O–H groups in total. The third-order valence-corrected chi connectivity index (χ3v) is 3.87. The number of unbranched alkanes of at least 4 members (excludes halogenated alkanes) is 1. The van der Waals surface area contributed by atoms with Gasteiger partial charge in [0.1, 0.15) is 0 Å². The summed E-state index contributed by atoms with van der Waals surface area (Å²) in [5.74, 6) is 0. The number of hydrogen-bond acceptors (Lipinski definition) is 2. The van der Waals surface area contributed by atoms with Crippen molar-refractivity contribution in [3.05, 3.63) is 48.0 Å². The van der Waals surface area contributed by atoms with Crippen molar-refractivity contribution in [3.63, 3.8) is 0 Å². The summed E-state index contributed by atoms with van der Waals surface area (Å²) in [6.07, 6.45) is 2.81. The second-order valence-corrected chi connectivity index (χ2v) is 5.37. The summed E-state index contributed by atoms with van der Waals surface area (Å²) in [5.41, 5.74) is 1.000. The Kier molecular flexibility index (Phi) is 5.57. The van der Waals surface area contributed by atoms with Crippen molar-refractivity contribution < 1.29 is 5.11 Å². The van der Waals surface area contributed by atoms with Crippen LogP contribution >= 0.6 is 0 Å². The van der Waals surface area contributed by atoms with Gasteiger partial charge < -0.3 is 10.4 Å². The first-order chi connectivity index (χ1) is 9.76. The topological polar surface area (TPSA) is 32.3 Å². The van der Waals surface area contributed by atoms with E-state index in [0.29, 0.717) is 0 Å².